The summed E-state index contributed by atoms with van der Waals surface area (Å²) in [5.74, 6) is 5.21. The zero-order valence-corrected chi connectivity index (χ0v) is 11.3. The van der Waals surface area contributed by atoms with Crippen LogP contribution in [-0.4, -0.2) is 4.98 Å². The fourth-order valence-corrected chi connectivity index (χ4v) is 2.17. The molecule has 0 bridgehead atoms. The van der Waals surface area contributed by atoms with E-state index in [1.54, 1.807) is 18.3 Å². The predicted molar refractivity (Wildman–Crippen MR) is 74.2 cm³/mol. The minimum absolute atomic E-state index is 0.283. The number of hydrogen-bond donors (Lipinski definition) is 2. The summed E-state index contributed by atoms with van der Waals surface area (Å²) in [5, 5.41) is 0.396. The molecule has 100 valence electrons. The second-order valence-corrected chi connectivity index (χ2v) is 4.79. The predicted octanol–water partition coefficient (Wildman–Crippen LogP) is 2.93. The summed E-state index contributed by atoms with van der Waals surface area (Å²) < 4.78 is 13.8. The smallest absolute Gasteiger partial charge is 0.127 e. The number of nitrogens with one attached hydrogen (secondary N) is 1. The molecule has 2 aromatic rings. The number of pyridine rings is 1. The van der Waals surface area contributed by atoms with Crippen LogP contribution in [0.4, 0.5) is 4.39 Å². The Balaban J connectivity index is 2.29. The molecule has 1 aromatic carbocycles. The third-order valence-corrected chi connectivity index (χ3v) is 3.32. The molecule has 0 radical (unpaired) electrons. The number of benzene rings is 1. The van der Waals surface area contributed by atoms with Crippen LogP contribution in [0, 0.1) is 12.7 Å². The first kappa shape index (κ1) is 13.9. The average molecular weight is 280 g/mol. The molecule has 0 aliphatic heterocycles. The first-order valence-corrected chi connectivity index (χ1v) is 6.31. The molecule has 5 heteroatoms. The van der Waals surface area contributed by atoms with Crippen molar-refractivity contribution in [3.63, 3.8) is 0 Å². The van der Waals surface area contributed by atoms with E-state index in [0.29, 0.717) is 17.0 Å². The van der Waals surface area contributed by atoms with Gasteiger partial charge in [-0.05, 0) is 43.2 Å². The van der Waals surface area contributed by atoms with Crippen LogP contribution in [0.25, 0.3) is 0 Å². The zero-order valence-electron chi connectivity index (χ0n) is 10.5. The summed E-state index contributed by atoms with van der Waals surface area (Å²) in [6.45, 7) is 1.97. The van der Waals surface area contributed by atoms with Gasteiger partial charge in [0.25, 0.3) is 0 Å². The van der Waals surface area contributed by atoms with Crippen molar-refractivity contribution in [2.24, 2.45) is 5.84 Å². The van der Waals surface area contributed by atoms with Gasteiger partial charge in [0.2, 0.25) is 0 Å². The monoisotopic (exact) mass is 279 g/mol. The minimum Gasteiger partial charge on any atom is -0.271 e. The Labute approximate surface area is 116 Å². The molecule has 0 saturated heterocycles. The quantitative estimate of drug-likeness (QED) is 0.668. The van der Waals surface area contributed by atoms with Crippen LogP contribution in [0.1, 0.15) is 22.9 Å². The third-order valence-electron chi connectivity index (χ3n) is 2.96. The lowest BCUT2D eigenvalue weighted by Gasteiger charge is -2.17. The summed E-state index contributed by atoms with van der Waals surface area (Å²) in [6.07, 6.45) is 2.05. The average Bonchev–Trinajstić information content (AvgIpc) is 2.38. The third kappa shape index (κ3) is 3.29. The van der Waals surface area contributed by atoms with Crippen molar-refractivity contribution in [3.05, 3.63) is 64.2 Å². The van der Waals surface area contributed by atoms with E-state index in [0.717, 1.165) is 11.3 Å². The molecule has 0 aliphatic rings. The van der Waals surface area contributed by atoms with Gasteiger partial charge in [-0.3, -0.25) is 16.3 Å². The standard InChI is InChI=1S/C14H15ClFN3/c1-9-5-6-18-13(7-9)14(19-17)8-10-11(15)3-2-4-12(10)16/h2-7,14,19H,8,17H2,1H3. The molecule has 1 unspecified atom stereocenters. The van der Waals surface area contributed by atoms with E-state index in [9.17, 15) is 4.39 Å². The second-order valence-electron chi connectivity index (χ2n) is 4.38. The molecule has 19 heavy (non-hydrogen) atoms. The van der Waals surface area contributed by atoms with Crippen LogP contribution < -0.4 is 11.3 Å². The number of nitrogens with two attached hydrogens (primary N) is 1. The van der Waals surface area contributed by atoms with Gasteiger partial charge < -0.3 is 0 Å². The number of hydrazine groups is 1. The number of rotatable bonds is 4. The van der Waals surface area contributed by atoms with Gasteiger partial charge in [0.05, 0.1) is 11.7 Å². The second kappa shape index (κ2) is 6.10. The number of nitrogens with zero attached hydrogens (tertiary/aromatic N) is 1. The molecule has 1 aromatic heterocycles. The summed E-state index contributed by atoms with van der Waals surface area (Å²) in [6, 6.07) is 8.16. The number of aryl methyl sites for hydroxylation is 1. The Morgan fingerprint density at radius 1 is 1.42 bits per heavy atom. The van der Waals surface area contributed by atoms with Crippen LogP contribution in [0.2, 0.25) is 5.02 Å². The fourth-order valence-electron chi connectivity index (χ4n) is 1.93. The van der Waals surface area contributed by atoms with E-state index < -0.39 is 0 Å². The highest BCUT2D eigenvalue weighted by Crippen LogP contribution is 2.24. The van der Waals surface area contributed by atoms with Gasteiger partial charge in [0.15, 0.2) is 0 Å². The maximum absolute atomic E-state index is 13.8. The van der Waals surface area contributed by atoms with Crippen molar-refractivity contribution < 1.29 is 4.39 Å². The van der Waals surface area contributed by atoms with Crippen LogP contribution in [0.5, 0.6) is 0 Å². The molecule has 1 heterocycles. The lowest BCUT2D eigenvalue weighted by Crippen LogP contribution is -2.30. The summed E-state index contributed by atoms with van der Waals surface area (Å²) >= 11 is 6.02. The van der Waals surface area contributed by atoms with Crippen LogP contribution >= 0.6 is 11.6 Å². The van der Waals surface area contributed by atoms with Crippen molar-refractivity contribution >= 4 is 11.6 Å². The summed E-state index contributed by atoms with van der Waals surface area (Å²) in [4.78, 5) is 4.26. The molecular formula is C14H15ClFN3. The Hall–Kier alpha value is -1.49. The van der Waals surface area contributed by atoms with Crippen molar-refractivity contribution in [2.75, 3.05) is 0 Å². The zero-order chi connectivity index (χ0) is 13.8. The van der Waals surface area contributed by atoms with Crippen molar-refractivity contribution in [3.8, 4) is 0 Å². The molecule has 3 nitrogen and oxygen atoms in total. The first-order chi connectivity index (χ1) is 9.11. The molecule has 0 aliphatic carbocycles. The van der Waals surface area contributed by atoms with Gasteiger partial charge in [0, 0.05) is 16.8 Å². The Morgan fingerprint density at radius 3 is 2.84 bits per heavy atom. The molecule has 0 saturated carbocycles. The Morgan fingerprint density at radius 2 is 2.21 bits per heavy atom. The molecule has 1 atom stereocenters. The van der Waals surface area contributed by atoms with Gasteiger partial charge in [-0.1, -0.05) is 17.7 Å². The highest BCUT2D eigenvalue weighted by atomic mass is 35.5. The Bertz CT molecular complexity index is 554. The Kier molecular flexibility index (Phi) is 4.47. The SMILES string of the molecule is Cc1ccnc(C(Cc2c(F)cccc2Cl)NN)c1. The fraction of sp³-hybridized carbons (Fsp3) is 0.214. The first-order valence-electron chi connectivity index (χ1n) is 5.93. The molecule has 2 rings (SSSR count). The van der Waals surface area contributed by atoms with E-state index in [1.807, 2.05) is 19.1 Å². The number of aromatic nitrogens is 1. The molecule has 0 fully saturated rings. The van der Waals surface area contributed by atoms with Gasteiger partial charge in [-0.25, -0.2) is 4.39 Å². The van der Waals surface area contributed by atoms with E-state index in [2.05, 4.69) is 10.4 Å². The maximum Gasteiger partial charge on any atom is 0.127 e. The van der Waals surface area contributed by atoms with E-state index in [-0.39, 0.29) is 11.9 Å². The summed E-state index contributed by atoms with van der Waals surface area (Å²) in [7, 11) is 0. The van der Waals surface area contributed by atoms with E-state index >= 15 is 0 Å². The van der Waals surface area contributed by atoms with Gasteiger partial charge in [-0.15, -0.1) is 0 Å². The van der Waals surface area contributed by atoms with Gasteiger partial charge in [0.1, 0.15) is 5.82 Å². The van der Waals surface area contributed by atoms with Crippen molar-refractivity contribution in [1.29, 1.82) is 0 Å². The highest BCUT2D eigenvalue weighted by molar-refractivity contribution is 6.31. The molecule has 3 N–H and O–H groups in total. The van der Waals surface area contributed by atoms with E-state index in [1.165, 1.54) is 6.07 Å². The van der Waals surface area contributed by atoms with Gasteiger partial charge >= 0.3 is 0 Å². The lowest BCUT2D eigenvalue weighted by atomic mass is 10.0. The van der Waals surface area contributed by atoms with E-state index in [4.69, 9.17) is 17.4 Å². The van der Waals surface area contributed by atoms with Crippen molar-refractivity contribution in [1.82, 2.24) is 10.4 Å². The maximum atomic E-state index is 13.8. The normalized spacial score (nSPS) is 12.4. The van der Waals surface area contributed by atoms with Gasteiger partial charge in [-0.2, -0.15) is 0 Å². The minimum atomic E-state index is -0.333. The number of hydrogen-bond acceptors (Lipinski definition) is 3. The highest BCUT2D eigenvalue weighted by Gasteiger charge is 2.16. The topological polar surface area (TPSA) is 50.9 Å². The largest absolute Gasteiger partial charge is 0.271 e. The lowest BCUT2D eigenvalue weighted by molar-refractivity contribution is 0.518. The van der Waals surface area contributed by atoms with Crippen LogP contribution in [0.15, 0.2) is 36.5 Å². The van der Waals surface area contributed by atoms with Crippen molar-refractivity contribution in [2.45, 2.75) is 19.4 Å². The summed E-state index contributed by atoms with van der Waals surface area (Å²) in [5.41, 5.74) is 4.94. The molecular weight excluding hydrogens is 265 g/mol. The van der Waals surface area contributed by atoms with Crippen LogP contribution in [-0.2, 0) is 6.42 Å². The number of halogens is 2. The molecule has 0 spiro atoms. The molecule has 0 amide bonds. The van der Waals surface area contributed by atoms with Crippen LogP contribution in [0.3, 0.4) is 0 Å².